The number of rotatable bonds is 2. The smallest absolute Gasteiger partial charge is 0.251 e. The molecule has 18 heavy (non-hydrogen) atoms. The lowest BCUT2D eigenvalue weighted by Gasteiger charge is -2.09. The van der Waals surface area contributed by atoms with E-state index in [9.17, 15) is 9.18 Å². The highest BCUT2D eigenvalue weighted by Crippen LogP contribution is 2.21. The quantitative estimate of drug-likeness (QED) is 0.677. The van der Waals surface area contributed by atoms with E-state index in [1.54, 1.807) is 29.0 Å². The van der Waals surface area contributed by atoms with Crippen LogP contribution in [-0.2, 0) is 6.54 Å². The number of hydrogen-bond acceptors (Lipinski definition) is 1. The van der Waals surface area contributed by atoms with Gasteiger partial charge in [0.15, 0.2) is 0 Å². The molecule has 0 saturated heterocycles. The molecule has 0 saturated carbocycles. The molecule has 0 N–H and O–H groups in total. The van der Waals surface area contributed by atoms with Crippen LogP contribution in [-0.4, -0.2) is 4.57 Å². The highest BCUT2D eigenvalue weighted by molar-refractivity contribution is 14.1. The average Bonchev–Trinajstić information content (AvgIpc) is 2.32. The molecule has 0 aliphatic heterocycles. The van der Waals surface area contributed by atoms with Gasteiger partial charge in [0.1, 0.15) is 5.82 Å². The second-order valence-corrected chi connectivity index (χ2v) is 5.94. The molecule has 0 fully saturated rings. The lowest BCUT2D eigenvalue weighted by atomic mass is 10.2. The van der Waals surface area contributed by atoms with E-state index in [1.165, 1.54) is 6.07 Å². The Bertz CT molecular complexity index is 654. The zero-order chi connectivity index (χ0) is 13.3. The molecule has 1 heterocycles. The number of aromatic nitrogens is 1. The fraction of sp³-hybridized carbons (Fsp3) is 0.154. The van der Waals surface area contributed by atoms with Gasteiger partial charge in [-0.1, -0.05) is 12.1 Å². The van der Waals surface area contributed by atoms with Crippen LogP contribution in [0.2, 0.25) is 0 Å². The molecule has 0 atom stereocenters. The summed E-state index contributed by atoms with van der Waals surface area (Å²) < 4.78 is 16.4. The van der Waals surface area contributed by atoms with Gasteiger partial charge in [-0.3, -0.25) is 4.79 Å². The van der Waals surface area contributed by atoms with Crippen LogP contribution in [0.5, 0.6) is 0 Å². The zero-order valence-corrected chi connectivity index (χ0v) is 13.3. The van der Waals surface area contributed by atoms with E-state index >= 15 is 0 Å². The SMILES string of the molecule is Cc1cc(=O)n(Cc2cccc(F)c2Br)cc1I. The van der Waals surface area contributed by atoms with E-state index in [0.717, 1.165) is 14.7 Å². The third-order valence-corrected chi connectivity index (χ3v) is 4.66. The zero-order valence-electron chi connectivity index (χ0n) is 9.58. The summed E-state index contributed by atoms with van der Waals surface area (Å²) in [6.45, 7) is 2.25. The van der Waals surface area contributed by atoms with Gasteiger partial charge in [-0.15, -0.1) is 0 Å². The van der Waals surface area contributed by atoms with Gasteiger partial charge in [0, 0.05) is 15.8 Å². The van der Waals surface area contributed by atoms with Crippen molar-refractivity contribution in [2.45, 2.75) is 13.5 Å². The summed E-state index contributed by atoms with van der Waals surface area (Å²) in [5.74, 6) is -0.317. The minimum absolute atomic E-state index is 0.0796. The third kappa shape index (κ3) is 2.83. The minimum atomic E-state index is -0.317. The van der Waals surface area contributed by atoms with E-state index in [-0.39, 0.29) is 11.4 Å². The molecule has 1 aromatic carbocycles. The van der Waals surface area contributed by atoms with Crippen LogP contribution >= 0.6 is 38.5 Å². The van der Waals surface area contributed by atoms with Gasteiger partial charge in [-0.05, 0) is 62.6 Å². The molecule has 0 aliphatic carbocycles. The van der Waals surface area contributed by atoms with Crippen molar-refractivity contribution >= 4 is 38.5 Å². The van der Waals surface area contributed by atoms with Crippen molar-refractivity contribution in [2.24, 2.45) is 0 Å². The van der Waals surface area contributed by atoms with Crippen LogP contribution < -0.4 is 5.56 Å². The predicted molar refractivity (Wildman–Crippen MR) is 81.4 cm³/mol. The Morgan fingerprint density at radius 1 is 1.44 bits per heavy atom. The number of aryl methyl sites for hydroxylation is 1. The minimum Gasteiger partial charge on any atom is -0.310 e. The second-order valence-electron chi connectivity index (χ2n) is 3.98. The van der Waals surface area contributed by atoms with E-state index in [1.807, 2.05) is 6.92 Å². The molecular formula is C13H10BrFINO. The van der Waals surface area contributed by atoms with E-state index in [2.05, 4.69) is 38.5 Å². The Kier molecular flexibility index (Phi) is 4.21. The molecule has 0 radical (unpaired) electrons. The maximum absolute atomic E-state index is 13.4. The highest BCUT2D eigenvalue weighted by Gasteiger charge is 2.07. The molecule has 0 spiro atoms. The first-order valence-electron chi connectivity index (χ1n) is 5.28. The number of nitrogens with zero attached hydrogens (tertiary/aromatic N) is 1. The van der Waals surface area contributed by atoms with E-state index in [4.69, 9.17) is 0 Å². The summed E-state index contributed by atoms with van der Waals surface area (Å²) in [6, 6.07) is 6.41. The van der Waals surface area contributed by atoms with Crippen LogP contribution in [0.15, 0.2) is 39.7 Å². The average molecular weight is 422 g/mol. The first-order valence-corrected chi connectivity index (χ1v) is 7.15. The molecule has 2 nitrogen and oxygen atoms in total. The molecule has 5 heteroatoms. The maximum atomic E-state index is 13.4. The number of hydrogen-bond donors (Lipinski definition) is 0. The molecule has 0 aliphatic rings. The van der Waals surface area contributed by atoms with E-state index in [0.29, 0.717) is 11.0 Å². The summed E-state index contributed by atoms with van der Waals surface area (Å²) >= 11 is 5.38. The van der Waals surface area contributed by atoms with Crippen molar-refractivity contribution in [1.29, 1.82) is 0 Å². The monoisotopic (exact) mass is 421 g/mol. The van der Waals surface area contributed by atoms with Gasteiger partial charge >= 0.3 is 0 Å². The maximum Gasteiger partial charge on any atom is 0.251 e. The summed E-state index contributed by atoms with van der Waals surface area (Å²) in [7, 11) is 0. The molecule has 2 rings (SSSR count). The predicted octanol–water partition coefficient (Wildman–Crippen LogP) is 3.71. The van der Waals surface area contributed by atoms with Gasteiger partial charge in [-0.2, -0.15) is 0 Å². The molecule has 2 aromatic rings. The molecular weight excluding hydrogens is 412 g/mol. The first kappa shape index (κ1) is 13.7. The van der Waals surface area contributed by atoms with Crippen LogP contribution in [0.4, 0.5) is 4.39 Å². The third-order valence-electron chi connectivity index (χ3n) is 2.64. The lowest BCUT2D eigenvalue weighted by Crippen LogP contribution is -2.20. The highest BCUT2D eigenvalue weighted by atomic mass is 127. The van der Waals surface area contributed by atoms with Crippen LogP contribution in [0.3, 0.4) is 0 Å². The molecule has 0 unspecified atom stereocenters. The van der Waals surface area contributed by atoms with Crippen LogP contribution in [0.1, 0.15) is 11.1 Å². The molecule has 0 bridgehead atoms. The van der Waals surface area contributed by atoms with Crippen molar-refractivity contribution in [3.8, 4) is 0 Å². The van der Waals surface area contributed by atoms with Crippen LogP contribution in [0, 0.1) is 16.3 Å². The van der Waals surface area contributed by atoms with Crippen LogP contribution in [0.25, 0.3) is 0 Å². The van der Waals surface area contributed by atoms with Gasteiger partial charge < -0.3 is 4.57 Å². The van der Waals surface area contributed by atoms with Crippen molar-refractivity contribution in [1.82, 2.24) is 4.57 Å². The Hall–Kier alpha value is -0.690. The van der Waals surface area contributed by atoms with Gasteiger partial charge in [0.05, 0.1) is 11.0 Å². The lowest BCUT2D eigenvalue weighted by molar-refractivity contribution is 0.615. The number of benzene rings is 1. The van der Waals surface area contributed by atoms with Gasteiger partial charge in [0.2, 0.25) is 0 Å². The largest absolute Gasteiger partial charge is 0.310 e. The van der Waals surface area contributed by atoms with Crippen molar-refractivity contribution in [3.05, 3.63) is 65.8 Å². The van der Waals surface area contributed by atoms with Gasteiger partial charge in [-0.25, -0.2) is 4.39 Å². The Balaban J connectivity index is 2.43. The van der Waals surface area contributed by atoms with Gasteiger partial charge in [0.25, 0.3) is 5.56 Å². The molecule has 1 aromatic heterocycles. The Labute approximate surface area is 126 Å². The Morgan fingerprint density at radius 2 is 2.17 bits per heavy atom. The summed E-state index contributed by atoms with van der Waals surface area (Å²) in [6.07, 6.45) is 1.79. The summed E-state index contributed by atoms with van der Waals surface area (Å²) in [4.78, 5) is 11.8. The number of pyridine rings is 1. The molecule has 94 valence electrons. The Morgan fingerprint density at radius 3 is 2.89 bits per heavy atom. The van der Waals surface area contributed by atoms with E-state index < -0.39 is 0 Å². The molecule has 0 amide bonds. The fourth-order valence-electron chi connectivity index (χ4n) is 1.62. The van der Waals surface area contributed by atoms with Crippen molar-refractivity contribution in [2.75, 3.05) is 0 Å². The topological polar surface area (TPSA) is 22.0 Å². The van der Waals surface area contributed by atoms with Crippen molar-refractivity contribution in [3.63, 3.8) is 0 Å². The normalized spacial score (nSPS) is 10.7. The summed E-state index contributed by atoms with van der Waals surface area (Å²) in [5.41, 5.74) is 1.62. The first-order chi connectivity index (χ1) is 8.49. The standard InChI is InChI=1S/C13H10BrFINO/c1-8-5-12(18)17(7-11(8)16)6-9-3-2-4-10(15)13(9)14/h2-5,7H,6H2,1H3. The van der Waals surface area contributed by atoms with Crippen molar-refractivity contribution < 1.29 is 4.39 Å². The number of halogens is 3. The summed E-state index contributed by atoms with van der Waals surface area (Å²) in [5, 5.41) is 0. The fourth-order valence-corrected chi connectivity index (χ4v) is 2.50. The second kappa shape index (κ2) is 5.52.